The van der Waals surface area contributed by atoms with Crippen LogP contribution in [-0.4, -0.2) is 24.3 Å². The van der Waals surface area contributed by atoms with Gasteiger partial charge in [0.1, 0.15) is 0 Å². The Hall–Kier alpha value is -0.860. The van der Waals surface area contributed by atoms with Crippen molar-refractivity contribution in [3.63, 3.8) is 0 Å². The van der Waals surface area contributed by atoms with Crippen LogP contribution in [0.15, 0.2) is 30.3 Å². The van der Waals surface area contributed by atoms with E-state index >= 15 is 0 Å². The summed E-state index contributed by atoms with van der Waals surface area (Å²) in [7, 11) is 0. The van der Waals surface area contributed by atoms with E-state index in [1.807, 2.05) is 0 Å². The molecule has 1 aliphatic heterocycles. The van der Waals surface area contributed by atoms with Crippen molar-refractivity contribution in [1.82, 2.24) is 5.32 Å². The van der Waals surface area contributed by atoms with Gasteiger partial charge in [0.2, 0.25) is 0 Å². The Bertz CT molecular complexity index is 452. The maximum Gasteiger partial charge on any atom is 0.0729 e. The van der Waals surface area contributed by atoms with Crippen LogP contribution in [0.5, 0.6) is 0 Å². The Morgan fingerprint density at radius 3 is 2.65 bits per heavy atom. The molecule has 3 fully saturated rings. The summed E-state index contributed by atoms with van der Waals surface area (Å²) < 4.78 is 6.24. The summed E-state index contributed by atoms with van der Waals surface area (Å²) >= 11 is 0. The topological polar surface area (TPSA) is 21.3 Å². The van der Waals surface area contributed by atoms with E-state index in [2.05, 4.69) is 35.6 Å². The molecular formula is C18H25NO. The lowest BCUT2D eigenvalue weighted by Gasteiger charge is -2.48. The molecule has 0 radical (unpaired) electrons. The van der Waals surface area contributed by atoms with E-state index < -0.39 is 0 Å². The number of rotatable bonds is 1. The van der Waals surface area contributed by atoms with Crippen molar-refractivity contribution in [2.24, 2.45) is 0 Å². The predicted octanol–water partition coefficient (Wildman–Crippen LogP) is 3.62. The molecule has 1 heterocycles. The van der Waals surface area contributed by atoms with Crippen molar-refractivity contribution in [3.8, 4) is 0 Å². The third-order valence-electron chi connectivity index (χ3n) is 5.68. The fraction of sp³-hybridized carbons (Fsp3) is 0.667. The summed E-state index contributed by atoms with van der Waals surface area (Å²) in [6.45, 7) is 0.949. The molecule has 3 aliphatic rings. The van der Waals surface area contributed by atoms with Gasteiger partial charge in [0.25, 0.3) is 0 Å². The van der Waals surface area contributed by atoms with Crippen molar-refractivity contribution in [1.29, 1.82) is 0 Å². The Kier molecular flexibility index (Phi) is 3.31. The van der Waals surface area contributed by atoms with Crippen molar-refractivity contribution < 1.29 is 4.74 Å². The van der Waals surface area contributed by atoms with Gasteiger partial charge in [-0.15, -0.1) is 0 Å². The number of hydrogen-bond donors (Lipinski definition) is 1. The second-order valence-corrected chi connectivity index (χ2v) is 7.01. The highest BCUT2D eigenvalue weighted by molar-refractivity contribution is 5.21. The van der Waals surface area contributed by atoms with E-state index in [-0.39, 0.29) is 0 Å². The summed E-state index contributed by atoms with van der Waals surface area (Å²) in [6, 6.07) is 11.6. The highest BCUT2D eigenvalue weighted by Crippen LogP contribution is 2.40. The number of ether oxygens (including phenoxy) is 1. The normalized spacial score (nSPS) is 35.9. The van der Waals surface area contributed by atoms with Gasteiger partial charge < -0.3 is 10.1 Å². The molecule has 4 rings (SSSR count). The van der Waals surface area contributed by atoms with Crippen LogP contribution in [0, 0.1) is 0 Å². The van der Waals surface area contributed by atoms with Gasteiger partial charge in [0.05, 0.1) is 12.7 Å². The molecule has 2 aliphatic carbocycles. The van der Waals surface area contributed by atoms with Crippen LogP contribution in [0.25, 0.3) is 0 Å². The molecule has 0 amide bonds. The molecule has 108 valence electrons. The molecule has 1 aromatic carbocycles. The lowest BCUT2D eigenvalue weighted by molar-refractivity contribution is -0.0790. The van der Waals surface area contributed by atoms with Crippen LogP contribution in [0.2, 0.25) is 0 Å². The smallest absolute Gasteiger partial charge is 0.0729 e. The molecule has 20 heavy (non-hydrogen) atoms. The van der Waals surface area contributed by atoms with E-state index in [1.165, 1.54) is 50.5 Å². The van der Waals surface area contributed by atoms with Gasteiger partial charge in [0, 0.05) is 11.6 Å². The third kappa shape index (κ3) is 2.29. The summed E-state index contributed by atoms with van der Waals surface area (Å²) in [5, 5.41) is 4.01. The number of nitrogens with one attached hydrogen (secondary N) is 1. The first kappa shape index (κ1) is 12.8. The van der Waals surface area contributed by atoms with E-state index in [4.69, 9.17) is 4.74 Å². The molecule has 1 N–H and O–H groups in total. The molecule has 3 atom stereocenters. The van der Waals surface area contributed by atoms with Crippen LogP contribution in [0.3, 0.4) is 0 Å². The van der Waals surface area contributed by atoms with Crippen molar-refractivity contribution in [2.75, 3.05) is 6.61 Å². The van der Waals surface area contributed by atoms with Gasteiger partial charge in [-0.2, -0.15) is 0 Å². The molecular weight excluding hydrogens is 246 g/mol. The SMILES string of the molecule is c1ccc(C2CCC3OCC4(CCCC4)NC3C2)cc1. The Labute approximate surface area is 121 Å². The van der Waals surface area contributed by atoms with Gasteiger partial charge in [-0.3, -0.25) is 0 Å². The average Bonchev–Trinajstić information content (AvgIpc) is 2.95. The van der Waals surface area contributed by atoms with Gasteiger partial charge in [-0.25, -0.2) is 0 Å². The Morgan fingerprint density at radius 1 is 1.05 bits per heavy atom. The van der Waals surface area contributed by atoms with Crippen LogP contribution in [0.1, 0.15) is 56.4 Å². The molecule has 1 spiro atoms. The van der Waals surface area contributed by atoms with Crippen LogP contribution >= 0.6 is 0 Å². The molecule has 3 unspecified atom stereocenters. The maximum atomic E-state index is 6.24. The summed E-state index contributed by atoms with van der Waals surface area (Å²) in [4.78, 5) is 0. The zero-order valence-electron chi connectivity index (χ0n) is 12.2. The maximum absolute atomic E-state index is 6.24. The molecule has 2 heteroatoms. The zero-order valence-corrected chi connectivity index (χ0v) is 12.2. The first-order valence-corrected chi connectivity index (χ1v) is 8.29. The average molecular weight is 271 g/mol. The summed E-state index contributed by atoms with van der Waals surface area (Å²) in [5.74, 6) is 0.713. The largest absolute Gasteiger partial charge is 0.375 e. The molecule has 0 aromatic heterocycles. The fourth-order valence-electron chi connectivity index (χ4n) is 4.56. The lowest BCUT2D eigenvalue weighted by atomic mass is 9.77. The zero-order chi connectivity index (χ0) is 13.4. The second-order valence-electron chi connectivity index (χ2n) is 7.01. The van der Waals surface area contributed by atoms with E-state index in [1.54, 1.807) is 0 Å². The molecule has 2 nitrogen and oxygen atoms in total. The van der Waals surface area contributed by atoms with Gasteiger partial charge in [0.15, 0.2) is 0 Å². The van der Waals surface area contributed by atoms with Crippen LogP contribution in [0.4, 0.5) is 0 Å². The standard InChI is InChI=1S/C18H25NO/c1-2-6-14(7-3-1)15-8-9-17-16(12-15)19-18(13-20-17)10-4-5-11-18/h1-3,6-7,15-17,19H,4-5,8-13H2. The monoisotopic (exact) mass is 271 g/mol. The summed E-state index contributed by atoms with van der Waals surface area (Å²) in [6.07, 6.45) is 9.56. The first-order chi connectivity index (χ1) is 9.85. The number of benzene rings is 1. The van der Waals surface area contributed by atoms with Gasteiger partial charge >= 0.3 is 0 Å². The first-order valence-electron chi connectivity index (χ1n) is 8.29. The van der Waals surface area contributed by atoms with Crippen LogP contribution in [-0.2, 0) is 4.74 Å². The predicted molar refractivity (Wildman–Crippen MR) is 80.9 cm³/mol. The summed E-state index contributed by atoms with van der Waals surface area (Å²) in [5.41, 5.74) is 1.83. The quantitative estimate of drug-likeness (QED) is 0.842. The third-order valence-corrected chi connectivity index (χ3v) is 5.68. The lowest BCUT2D eigenvalue weighted by Crippen LogP contribution is -2.62. The molecule has 2 saturated carbocycles. The van der Waals surface area contributed by atoms with E-state index in [9.17, 15) is 0 Å². The van der Waals surface area contributed by atoms with Gasteiger partial charge in [-0.1, -0.05) is 43.2 Å². The number of hydrogen-bond acceptors (Lipinski definition) is 2. The van der Waals surface area contributed by atoms with Crippen molar-refractivity contribution in [3.05, 3.63) is 35.9 Å². The van der Waals surface area contributed by atoms with Crippen LogP contribution < -0.4 is 5.32 Å². The molecule has 1 saturated heterocycles. The highest BCUT2D eigenvalue weighted by Gasteiger charge is 2.44. The van der Waals surface area contributed by atoms with Crippen molar-refractivity contribution >= 4 is 0 Å². The van der Waals surface area contributed by atoms with E-state index in [0.29, 0.717) is 23.6 Å². The fourth-order valence-corrected chi connectivity index (χ4v) is 4.56. The number of morpholine rings is 1. The Balaban J connectivity index is 1.49. The minimum absolute atomic E-state index is 0.319. The Morgan fingerprint density at radius 2 is 1.85 bits per heavy atom. The minimum atomic E-state index is 0.319. The highest BCUT2D eigenvalue weighted by atomic mass is 16.5. The van der Waals surface area contributed by atoms with Crippen molar-refractivity contribution in [2.45, 2.75) is 68.5 Å². The molecule has 0 bridgehead atoms. The minimum Gasteiger partial charge on any atom is -0.375 e. The molecule has 1 aromatic rings. The second kappa shape index (κ2) is 5.16. The van der Waals surface area contributed by atoms with Gasteiger partial charge in [-0.05, 0) is 43.6 Å². The van der Waals surface area contributed by atoms with E-state index in [0.717, 1.165) is 6.61 Å². The number of fused-ring (bicyclic) bond motifs is 1.